The number of rotatable bonds is 10. The van der Waals surface area contributed by atoms with Gasteiger partial charge in [0.2, 0.25) is 5.78 Å². The summed E-state index contributed by atoms with van der Waals surface area (Å²) in [6, 6.07) is 18.4. The first kappa shape index (κ1) is 21.0. The summed E-state index contributed by atoms with van der Waals surface area (Å²) >= 11 is 0. The Labute approximate surface area is 159 Å². The van der Waals surface area contributed by atoms with Crippen LogP contribution in [0.2, 0.25) is 0 Å². The zero-order valence-corrected chi connectivity index (χ0v) is 16.4. The fourth-order valence-corrected chi connectivity index (χ4v) is 3.95. The number of aliphatic imine (C=N–C) groups is 1. The first-order chi connectivity index (χ1) is 13.1. The lowest BCUT2D eigenvalue weighted by Crippen LogP contribution is -2.24. The Bertz CT molecular complexity index is 769. The summed E-state index contributed by atoms with van der Waals surface area (Å²) in [6.07, 6.45) is 1.47. The van der Waals surface area contributed by atoms with Crippen molar-refractivity contribution in [3.8, 4) is 0 Å². The van der Waals surface area contributed by atoms with Gasteiger partial charge in [0.15, 0.2) is 0 Å². The molecule has 2 rings (SSSR count). The summed E-state index contributed by atoms with van der Waals surface area (Å²) in [5.41, 5.74) is 1.58. The normalized spacial score (nSPS) is 12.8. The van der Waals surface area contributed by atoms with Gasteiger partial charge in [-0.05, 0) is 25.0 Å². The highest BCUT2D eigenvalue weighted by molar-refractivity contribution is 7.55. The Balaban J connectivity index is 2.23. The summed E-state index contributed by atoms with van der Waals surface area (Å²) < 4.78 is 29.1. The van der Waals surface area contributed by atoms with Crippen molar-refractivity contribution in [3.05, 3.63) is 71.8 Å². The van der Waals surface area contributed by atoms with Gasteiger partial charge in [0.05, 0.1) is 13.2 Å². The molecule has 1 unspecified atom stereocenters. The lowest BCUT2D eigenvalue weighted by atomic mass is 10.2. The van der Waals surface area contributed by atoms with Crippen molar-refractivity contribution in [1.82, 2.24) is 0 Å². The molecular formula is C20H24NO5P. The van der Waals surface area contributed by atoms with E-state index in [1.807, 2.05) is 60.7 Å². The topological polar surface area (TPSA) is 74.2 Å². The molecule has 0 fully saturated rings. The molecule has 0 amide bonds. The number of carbonyl (C=O) groups is 1. The predicted octanol–water partition coefficient (Wildman–Crippen LogP) is 4.44. The average Bonchev–Trinajstić information content (AvgIpc) is 2.68. The number of benzene rings is 2. The largest absolute Gasteiger partial charge is 0.459 e. The van der Waals surface area contributed by atoms with E-state index in [2.05, 4.69) is 4.99 Å². The van der Waals surface area contributed by atoms with Crippen molar-refractivity contribution in [2.75, 3.05) is 13.2 Å². The molecule has 0 aromatic heterocycles. The second-order valence-electron chi connectivity index (χ2n) is 5.53. The lowest BCUT2D eigenvalue weighted by molar-refractivity contribution is -0.144. The molecule has 2 aromatic carbocycles. The van der Waals surface area contributed by atoms with Crippen molar-refractivity contribution in [1.29, 1.82) is 0 Å². The maximum Gasteiger partial charge on any atom is 0.366 e. The van der Waals surface area contributed by atoms with Crippen LogP contribution in [0.15, 0.2) is 65.7 Å². The van der Waals surface area contributed by atoms with Gasteiger partial charge in [-0.25, -0.2) is 4.79 Å². The second kappa shape index (κ2) is 10.8. The molecule has 6 nitrogen and oxygen atoms in total. The molecular weight excluding hydrogens is 365 g/mol. The van der Waals surface area contributed by atoms with E-state index in [-0.39, 0.29) is 19.8 Å². The van der Waals surface area contributed by atoms with Crippen LogP contribution in [0, 0.1) is 0 Å². The minimum atomic E-state index is -3.82. The van der Waals surface area contributed by atoms with Crippen LogP contribution in [0.25, 0.3) is 0 Å². The van der Waals surface area contributed by atoms with Crippen molar-refractivity contribution < 1.29 is 23.1 Å². The molecule has 1 atom stereocenters. The molecule has 0 saturated heterocycles. The van der Waals surface area contributed by atoms with Gasteiger partial charge in [0.25, 0.3) is 0 Å². The fourth-order valence-electron chi connectivity index (χ4n) is 2.31. The van der Waals surface area contributed by atoms with Crippen LogP contribution in [0.5, 0.6) is 0 Å². The number of esters is 1. The lowest BCUT2D eigenvalue weighted by Gasteiger charge is -2.22. The molecule has 0 radical (unpaired) electrons. The molecule has 0 aliphatic rings. The van der Waals surface area contributed by atoms with E-state index in [1.165, 1.54) is 6.21 Å². The summed E-state index contributed by atoms with van der Waals surface area (Å²) in [6.45, 7) is 3.66. The molecule has 0 aliphatic carbocycles. The number of nitrogens with zero attached hydrogens (tertiary/aromatic N) is 1. The molecule has 7 heteroatoms. The highest BCUT2D eigenvalue weighted by atomic mass is 31.2. The predicted molar refractivity (Wildman–Crippen MR) is 105 cm³/mol. The zero-order chi connectivity index (χ0) is 19.5. The summed E-state index contributed by atoms with van der Waals surface area (Å²) in [5.74, 6) is -2.14. The Morgan fingerprint density at radius 3 is 2.11 bits per heavy atom. The minimum Gasteiger partial charge on any atom is -0.459 e. The van der Waals surface area contributed by atoms with E-state index in [0.29, 0.717) is 0 Å². The number of carbonyl (C=O) groups excluding carboxylic acids is 1. The van der Waals surface area contributed by atoms with E-state index < -0.39 is 19.3 Å². The summed E-state index contributed by atoms with van der Waals surface area (Å²) in [7, 11) is -3.82. The third-order valence-corrected chi connectivity index (χ3v) is 5.70. The summed E-state index contributed by atoms with van der Waals surface area (Å²) in [5, 5.41) is 0. The van der Waals surface area contributed by atoms with Gasteiger partial charge in [-0.1, -0.05) is 60.7 Å². The maximum atomic E-state index is 13.1. The fraction of sp³-hybridized carbons (Fsp3) is 0.300. The van der Waals surface area contributed by atoms with Crippen molar-refractivity contribution in [2.24, 2.45) is 4.99 Å². The highest BCUT2D eigenvalue weighted by Crippen LogP contribution is 2.54. The first-order valence-electron chi connectivity index (χ1n) is 8.76. The summed E-state index contributed by atoms with van der Waals surface area (Å²) in [4.78, 5) is 16.9. The molecule has 0 bridgehead atoms. The third kappa shape index (κ3) is 6.43. The van der Waals surface area contributed by atoms with Crippen LogP contribution < -0.4 is 0 Å². The van der Waals surface area contributed by atoms with Crippen LogP contribution in [0.4, 0.5) is 0 Å². The zero-order valence-electron chi connectivity index (χ0n) is 15.5. The molecule has 0 spiro atoms. The Morgan fingerprint density at radius 2 is 1.56 bits per heavy atom. The van der Waals surface area contributed by atoms with Crippen molar-refractivity contribution in [2.45, 2.75) is 26.2 Å². The van der Waals surface area contributed by atoms with E-state index >= 15 is 0 Å². The molecule has 0 heterocycles. The molecule has 2 aromatic rings. The first-order valence-corrected chi connectivity index (χ1v) is 10.4. The van der Waals surface area contributed by atoms with Crippen molar-refractivity contribution >= 4 is 19.8 Å². The third-order valence-electron chi connectivity index (χ3n) is 3.52. The van der Waals surface area contributed by atoms with Gasteiger partial charge in [-0.3, -0.25) is 9.56 Å². The minimum absolute atomic E-state index is 0.0509. The SMILES string of the molecule is CCOP(=O)(OCC)C(N=Cc1ccccc1)C(=O)OCc1ccccc1. The van der Waals surface area contributed by atoms with E-state index in [0.717, 1.165) is 11.1 Å². The standard InChI is InChI=1S/C20H24NO5P/c1-3-25-27(23,26-4-2)19(21-15-17-11-7-5-8-12-17)20(22)24-16-18-13-9-6-10-14-18/h5-15,19H,3-4,16H2,1-2H3. The van der Waals surface area contributed by atoms with E-state index in [4.69, 9.17) is 13.8 Å². The van der Waals surface area contributed by atoms with Gasteiger partial charge in [-0.2, -0.15) is 0 Å². The average molecular weight is 389 g/mol. The van der Waals surface area contributed by atoms with Gasteiger partial charge in [0, 0.05) is 6.21 Å². The molecule has 0 N–H and O–H groups in total. The Kier molecular flexibility index (Phi) is 8.40. The van der Waals surface area contributed by atoms with Crippen molar-refractivity contribution in [3.63, 3.8) is 0 Å². The van der Waals surface area contributed by atoms with E-state index in [1.54, 1.807) is 13.8 Å². The molecule has 144 valence electrons. The van der Waals surface area contributed by atoms with Gasteiger partial charge >= 0.3 is 13.6 Å². The monoisotopic (exact) mass is 389 g/mol. The quantitative estimate of drug-likeness (QED) is 0.341. The smallest absolute Gasteiger partial charge is 0.366 e. The van der Waals surface area contributed by atoms with Crippen LogP contribution in [0.3, 0.4) is 0 Å². The van der Waals surface area contributed by atoms with Crippen LogP contribution in [-0.4, -0.2) is 31.2 Å². The number of hydrogen-bond acceptors (Lipinski definition) is 6. The van der Waals surface area contributed by atoms with Gasteiger partial charge < -0.3 is 13.8 Å². The Morgan fingerprint density at radius 1 is 1.00 bits per heavy atom. The number of hydrogen-bond donors (Lipinski definition) is 0. The van der Waals surface area contributed by atoms with Gasteiger partial charge in [-0.15, -0.1) is 0 Å². The molecule has 27 heavy (non-hydrogen) atoms. The maximum absolute atomic E-state index is 13.1. The van der Waals surface area contributed by atoms with Gasteiger partial charge in [0.1, 0.15) is 6.61 Å². The molecule has 0 aliphatic heterocycles. The number of ether oxygens (including phenoxy) is 1. The molecule has 0 saturated carbocycles. The Hall–Kier alpha value is -2.27. The second-order valence-corrected chi connectivity index (χ2v) is 7.62. The van der Waals surface area contributed by atoms with E-state index in [9.17, 15) is 9.36 Å². The van der Waals surface area contributed by atoms with Crippen LogP contribution in [-0.2, 0) is 29.8 Å². The highest BCUT2D eigenvalue weighted by Gasteiger charge is 2.42. The van der Waals surface area contributed by atoms with Crippen LogP contribution >= 0.6 is 7.60 Å². The van der Waals surface area contributed by atoms with Crippen LogP contribution in [0.1, 0.15) is 25.0 Å².